The number of halogens is 1. The molecule has 0 fully saturated rings. The van der Waals surface area contributed by atoms with E-state index in [2.05, 4.69) is 12.2 Å². The van der Waals surface area contributed by atoms with Crippen molar-refractivity contribution in [3.63, 3.8) is 0 Å². The lowest BCUT2D eigenvalue weighted by Gasteiger charge is -2.20. The summed E-state index contributed by atoms with van der Waals surface area (Å²) >= 11 is 7.43. The van der Waals surface area contributed by atoms with E-state index in [4.69, 9.17) is 16.3 Å². The molecule has 1 N–H and O–H groups in total. The van der Waals surface area contributed by atoms with Gasteiger partial charge in [-0.05, 0) is 36.8 Å². The van der Waals surface area contributed by atoms with Crippen molar-refractivity contribution in [3.8, 4) is 0 Å². The molecule has 1 atom stereocenters. The van der Waals surface area contributed by atoms with Gasteiger partial charge >= 0.3 is 5.97 Å². The SMILES string of the molecule is CC[C@H]1CCc2c(sc(NC(=O)c3ccc([N+](=O)[O-])cc3Cl)c2C(=O)OC)C1. The zero-order chi connectivity index (χ0) is 20.4. The van der Waals surface area contributed by atoms with Gasteiger partial charge in [0.25, 0.3) is 11.6 Å². The third-order valence-corrected chi connectivity index (χ3v) is 6.45. The first-order valence-electron chi connectivity index (χ1n) is 8.83. The highest BCUT2D eigenvalue weighted by atomic mass is 35.5. The lowest BCUT2D eigenvalue weighted by atomic mass is 9.85. The van der Waals surface area contributed by atoms with Crippen molar-refractivity contribution in [2.75, 3.05) is 12.4 Å². The van der Waals surface area contributed by atoms with Gasteiger partial charge in [0.1, 0.15) is 5.00 Å². The number of carbonyl (C=O) groups excluding carboxylic acids is 2. The monoisotopic (exact) mass is 422 g/mol. The molecule has 148 valence electrons. The van der Waals surface area contributed by atoms with Crippen molar-refractivity contribution in [1.29, 1.82) is 0 Å². The Morgan fingerprint density at radius 1 is 1.43 bits per heavy atom. The predicted octanol–water partition coefficient (Wildman–Crippen LogP) is 4.86. The lowest BCUT2D eigenvalue weighted by molar-refractivity contribution is -0.384. The molecule has 2 aromatic rings. The Balaban J connectivity index is 1.93. The number of anilines is 1. The maximum atomic E-state index is 12.7. The number of fused-ring (bicyclic) bond motifs is 1. The summed E-state index contributed by atoms with van der Waals surface area (Å²) in [5.74, 6) is -0.461. The third-order valence-electron chi connectivity index (χ3n) is 4.97. The van der Waals surface area contributed by atoms with Gasteiger partial charge in [-0.3, -0.25) is 14.9 Å². The molecule has 7 nitrogen and oxygen atoms in total. The van der Waals surface area contributed by atoms with Crippen LogP contribution >= 0.6 is 22.9 Å². The van der Waals surface area contributed by atoms with Crippen LogP contribution in [0.5, 0.6) is 0 Å². The second kappa shape index (κ2) is 8.28. The normalized spacial score (nSPS) is 15.6. The van der Waals surface area contributed by atoms with Crippen molar-refractivity contribution < 1.29 is 19.2 Å². The summed E-state index contributed by atoms with van der Waals surface area (Å²) in [6.07, 6.45) is 3.69. The van der Waals surface area contributed by atoms with Crippen molar-refractivity contribution in [1.82, 2.24) is 0 Å². The molecule has 1 aliphatic carbocycles. The van der Waals surface area contributed by atoms with E-state index in [1.807, 2.05) is 0 Å². The molecule has 1 aliphatic rings. The van der Waals surface area contributed by atoms with E-state index in [1.165, 1.54) is 30.6 Å². The number of ether oxygens (including phenoxy) is 1. The van der Waals surface area contributed by atoms with E-state index >= 15 is 0 Å². The highest BCUT2D eigenvalue weighted by Gasteiger charge is 2.30. The van der Waals surface area contributed by atoms with Crippen molar-refractivity contribution in [2.24, 2.45) is 5.92 Å². The highest BCUT2D eigenvalue weighted by molar-refractivity contribution is 7.17. The minimum Gasteiger partial charge on any atom is -0.465 e. The van der Waals surface area contributed by atoms with Crippen molar-refractivity contribution in [3.05, 3.63) is 54.9 Å². The summed E-state index contributed by atoms with van der Waals surface area (Å²) in [5.41, 5.74) is 1.23. The van der Waals surface area contributed by atoms with Crippen LogP contribution in [-0.2, 0) is 17.6 Å². The molecule has 0 spiro atoms. The molecule has 1 aromatic heterocycles. The Morgan fingerprint density at radius 2 is 2.18 bits per heavy atom. The van der Waals surface area contributed by atoms with Crippen LogP contribution in [0.3, 0.4) is 0 Å². The fraction of sp³-hybridized carbons (Fsp3) is 0.368. The fourth-order valence-electron chi connectivity index (χ4n) is 3.38. The molecule has 3 rings (SSSR count). The van der Waals surface area contributed by atoms with Crippen LogP contribution in [0.1, 0.15) is 50.9 Å². The zero-order valence-electron chi connectivity index (χ0n) is 15.4. The van der Waals surface area contributed by atoms with E-state index in [9.17, 15) is 19.7 Å². The van der Waals surface area contributed by atoms with Crippen LogP contribution in [0, 0.1) is 16.0 Å². The topological polar surface area (TPSA) is 98.5 Å². The van der Waals surface area contributed by atoms with Gasteiger partial charge in [0.15, 0.2) is 0 Å². The maximum Gasteiger partial charge on any atom is 0.341 e. The summed E-state index contributed by atoms with van der Waals surface area (Å²) in [6, 6.07) is 3.64. The number of carbonyl (C=O) groups is 2. The van der Waals surface area contributed by atoms with Gasteiger partial charge in [0.05, 0.1) is 28.2 Å². The minimum absolute atomic E-state index is 0.0290. The first kappa shape index (κ1) is 20.3. The number of nitro groups is 1. The van der Waals surface area contributed by atoms with E-state index in [1.54, 1.807) is 0 Å². The number of esters is 1. The Hall–Kier alpha value is -2.45. The zero-order valence-corrected chi connectivity index (χ0v) is 17.0. The Labute approximate surface area is 170 Å². The Bertz CT molecular complexity index is 956. The number of hydrogen-bond acceptors (Lipinski definition) is 6. The second-order valence-electron chi connectivity index (χ2n) is 6.59. The van der Waals surface area contributed by atoms with Gasteiger partial charge < -0.3 is 10.1 Å². The first-order chi connectivity index (χ1) is 13.3. The van der Waals surface area contributed by atoms with E-state index in [0.717, 1.165) is 42.2 Å². The molecule has 28 heavy (non-hydrogen) atoms. The third kappa shape index (κ3) is 3.88. The molecule has 0 unspecified atom stereocenters. The summed E-state index contributed by atoms with van der Waals surface area (Å²) in [7, 11) is 1.31. The summed E-state index contributed by atoms with van der Waals surface area (Å²) in [6.45, 7) is 2.14. The number of methoxy groups -OCH3 is 1. The molecular formula is C19H19ClN2O5S. The van der Waals surface area contributed by atoms with E-state index in [-0.39, 0.29) is 16.3 Å². The van der Waals surface area contributed by atoms with Crippen LogP contribution in [-0.4, -0.2) is 23.9 Å². The molecule has 1 heterocycles. The van der Waals surface area contributed by atoms with Crippen molar-refractivity contribution >= 4 is 45.5 Å². The number of nitrogens with zero attached hydrogens (tertiary/aromatic N) is 1. The Morgan fingerprint density at radius 3 is 2.79 bits per heavy atom. The molecular weight excluding hydrogens is 404 g/mol. The predicted molar refractivity (Wildman–Crippen MR) is 108 cm³/mol. The number of hydrogen-bond donors (Lipinski definition) is 1. The van der Waals surface area contributed by atoms with Gasteiger partial charge in [-0.15, -0.1) is 11.3 Å². The summed E-state index contributed by atoms with van der Waals surface area (Å²) in [4.78, 5) is 36.4. The van der Waals surface area contributed by atoms with Gasteiger partial charge in [-0.25, -0.2) is 4.79 Å². The highest BCUT2D eigenvalue weighted by Crippen LogP contribution is 2.41. The van der Waals surface area contributed by atoms with E-state index < -0.39 is 16.8 Å². The van der Waals surface area contributed by atoms with Crippen molar-refractivity contribution in [2.45, 2.75) is 32.6 Å². The van der Waals surface area contributed by atoms with Crippen LogP contribution in [0.4, 0.5) is 10.7 Å². The summed E-state index contributed by atoms with van der Waals surface area (Å²) < 4.78 is 4.92. The average Bonchev–Trinajstić information content (AvgIpc) is 3.03. The molecule has 1 amide bonds. The number of benzene rings is 1. The largest absolute Gasteiger partial charge is 0.465 e. The molecule has 0 aliphatic heterocycles. The molecule has 0 radical (unpaired) electrons. The number of thiophene rings is 1. The van der Waals surface area contributed by atoms with Gasteiger partial charge in [-0.2, -0.15) is 0 Å². The first-order valence-corrected chi connectivity index (χ1v) is 10.0. The lowest BCUT2D eigenvalue weighted by Crippen LogP contribution is -2.16. The van der Waals surface area contributed by atoms with Crippen LogP contribution < -0.4 is 5.32 Å². The number of nitro benzene ring substituents is 1. The number of nitrogens with one attached hydrogen (secondary N) is 1. The standard InChI is InChI=1S/C19H19ClN2O5S/c1-3-10-4-6-13-15(8-10)28-18(16(13)19(24)27-2)21-17(23)12-7-5-11(22(25)26)9-14(12)20/h5,7,9-10H,3-4,6,8H2,1-2H3,(H,21,23)/t10-/m0/s1. The molecule has 9 heteroatoms. The van der Waals surface area contributed by atoms with Gasteiger partial charge in [0.2, 0.25) is 0 Å². The molecule has 1 aromatic carbocycles. The van der Waals surface area contributed by atoms with Crippen LogP contribution in [0.25, 0.3) is 0 Å². The second-order valence-corrected chi connectivity index (χ2v) is 8.10. The number of non-ortho nitro benzene ring substituents is 1. The molecule has 0 bridgehead atoms. The minimum atomic E-state index is -0.583. The van der Waals surface area contributed by atoms with Crippen LogP contribution in [0.2, 0.25) is 5.02 Å². The molecule has 0 saturated heterocycles. The number of rotatable bonds is 5. The van der Waals surface area contributed by atoms with Gasteiger partial charge in [-0.1, -0.05) is 24.9 Å². The fourth-order valence-corrected chi connectivity index (χ4v) is 4.99. The maximum absolute atomic E-state index is 12.7. The smallest absolute Gasteiger partial charge is 0.341 e. The average molecular weight is 423 g/mol. The molecule has 0 saturated carbocycles. The quantitative estimate of drug-likeness (QED) is 0.421. The van der Waals surface area contributed by atoms with Gasteiger partial charge in [0, 0.05) is 17.0 Å². The Kier molecular flexibility index (Phi) is 6.00. The number of amides is 1. The van der Waals surface area contributed by atoms with Crippen LogP contribution in [0.15, 0.2) is 18.2 Å². The van der Waals surface area contributed by atoms with E-state index in [0.29, 0.717) is 16.5 Å². The summed E-state index contributed by atoms with van der Waals surface area (Å²) in [5, 5.41) is 14.0.